The molecule has 3 nitrogen and oxygen atoms in total. The van der Waals surface area contributed by atoms with Crippen molar-refractivity contribution in [1.29, 1.82) is 0 Å². The first kappa shape index (κ1) is 15.0. The van der Waals surface area contributed by atoms with Gasteiger partial charge in [0, 0.05) is 0 Å². The summed E-state index contributed by atoms with van der Waals surface area (Å²) >= 11 is 0. The molecule has 0 saturated carbocycles. The Bertz CT molecular complexity index is 381. The van der Waals surface area contributed by atoms with Gasteiger partial charge < -0.3 is 14.9 Å². The molecule has 0 amide bonds. The number of benzene rings is 1. The molecule has 0 aromatic heterocycles. The maximum Gasteiger partial charge on any atom is 0.122 e. The molecule has 0 aliphatic carbocycles. The van der Waals surface area contributed by atoms with E-state index in [1.54, 1.807) is 6.92 Å². The van der Waals surface area contributed by atoms with Gasteiger partial charge in [0.2, 0.25) is 0 Å². The zero-order valence-electron chi connectivity index (χ0n) is 11.7. The van der Waals surface area contributed by atoms with Crippen molar-refractivity contribution in [2.45, 2.75) is 52.2 Å². The van der Waals surface area contributed by atoms with Gasteiger partial charge in [0.15, 0.2) is 0 Å². The zero-order chi connectivity index (χ0) is 13.8. The molecule has 1 aromatic rings. The van der Waals surface area contributed by atoms with Gasteiger partial charge in [-0.2, -0.15) is 0 Å². The predicted molar refractivity (Wildman–Crippen MR) is 72.8 cm³/mol. The van der Waals surface area contributed by atoms with Crippen LogP contribution in [0.1, 0.15) is 50.8 Å². The molecule has 0 fully saturated rings. The molecule has 0 unspecified atom stereocenters. The molecule has 0 saturated heterocycles. The predicted octanol–water partition coefficient (Wildman–Crippen LogP) is 2.98. The maximum absolute atomic E-state index is 10.2. The van der Waals surface area contributed by atoms with Gasteiger partial charge in [0.25, 0.3) is 0 Å². The fourth-order valence-electron chi connectivity index (χ4n) is 1.76. The van der Waals surface area contributed by atoms with Gasteiger partial charge in [-0.25, -0.2) is 0 Å². The third-order valence-corrected chi connectivity index (χ3v) is 3.49. The van der Waals surface area contributed by atoms with Gasteiger partial charge in [-0.15, -0.1) is 0 Å². The van der Waals surface area contributed by atoms with Crippen LogP contribution in [-0.2, 0) is 0 Å². The van der Waals surface area contributed by atoms with Crippen molar-refractivity contribution in [3.05, 3.63) is 29.3 Å². The summed E-state index contributed by atoms with van der Waals surface area (Å²) < 4.78 is 5.69. The molecule has 3 heteroatoms. The first-order valence-corrected chi connectivity index (χ1v) is 6.55. The molecule has 1 aromatic carbocycles. The van der Waals surface area contributed by atoms with Gasteiger partial charge in [0.05, 0.1) is 11.7 Å². The van der Waals surface area contributed by atoms with E-state index >= 15 is 0 Å². The SMILES string of the molecule is CCC(O)(CC)COc1ccc([C@H](C)O)cc1C. The normalized spacial score (nSPS) is 13.4. The molecule has 0 radical (unpaired) electrons. The van der Waals surface area contributed by atoms with Crippen molar-refractivity contribution in [2.24, 2.45) is 0 Å². The highest BCUT2D eigenvalue weighted by Gasteiger charge is 2.23. The van der Waals surface area contributed by atoms with Crippen molar-refractivity contribution < 1.29 is 14.9 Å². The minimum atomic E-state index is -0.755. The van der Waals surface area contributed by atoms with Crippen molar-refractivity contribution >= 4 is 0 Å². The molecule has 0 aliphatic rings. The molecular weight excluding hydrogens is 228 g/mol. The lowest BCUT2D eigenvalue weighted by atomic mass is 9.99. The minimum Gasteiger partial charge on any atom is -0.490 e. The van der Waals surface area contributed by atoms with Crippen LogP contribution in [0.5, 0.6) is 5.75 Å². The lowest BCUT2D eigenvalue weighted by Gasteiger charge is -2.25. The Balaban J connectivity index is 2.74. The number of aliphatic hydroxyl groups excluding tert-OH is 1. The Morgan fingerprint density at radius 1 is 1.28 bits per heavy atom. The highest BCUT2D eigenvalue weighted by atomic mass is 16.5. The van der Waals surface area contributed by atoms with E-state index in [-0.39, 0.29) is 0 Å². The Kier molecular flexibility index (Phi) is 5.17. The molecule has 0 heterocycles. The lowest BCUT2D eigenvalue weighted by molar-refractivity contribution is -0.0115. The highest BCUT2D eigenvalue weighted by Crippen LogP contribution is 2.24. The molecule has 2 N–H and O–H groups in total. The van der Waals surface area contributed by atoms with Crippen LogP contribution in [0.25, 0.3) is 0 Å². The average Bonchev–Trinajstić information content (AvgIpc) is 2.36. The van der Waals surface area contributed by atoms with E-state index in [9.17, 15) is 10.2 Å². The van der Waals surface area contributed by atoms with E-state index in [1.807, 2.05) is 39.0 Å². The van der Waals surface area contributed by atoms with Gasteiger partial charge in [-0.1, -0.05) is 19.9 Å². The smallest absolute Gasteiger partial charge is 0.122 e. The van der Waals surface area contributed by atoms with Crippen molar-refractivity contribution in [3.8, 4) is 5.75 Å². The standard InChI is InChI=1S/C15H24O3/c1-5-15(17,6-2)10-18-14-8-7-13(12(4)16)9-11(14)3/h7-9,12,16-17H,5-6,10H2,1-4H3/t12-/m0/s1. The summed E-state index contributed by atoms with van der Waals surface area (Å²) in [6.07, 6.45) is 0.878. The molecule has 1 rings (SSSR count). The second-order valence-electron chi connectivity index (χ2n) is 4.92. The van der Waals surface area contributed by atoms with Crippen LogP contribution in [0.4, 0.5) is 0 Å². The molecule has 1 atom stereocenters. The molecule has 18 heavy (non-hydrogen) atoms. The Hall–Kier alpha value is -1.06. The van der Waals surface area contributed by atoms with Crippen LogP contribution in [0.15, 0.2) is 18.2 Å². The number of ether oxygens (including phenoxy) is 1. The number of aliphatic hydroxyl groups is 2. The zero-order valence-corrected chi connectivity index (χ0v) is 11.7. The summed E-state index contributed by atoms with van der Waals surface area (Å²) in [5.41, 5.74) is 1.10. The van der Waals surface area contributed by atoms with Crippen LogP contribution >= 0.6 is 0 Å². The summed E-state index contributed by atoms with van der Waals surface area (Å²) in [6, 6.07) is 5.62. The lowest BCUT2D eigenvalue weighted by Crippen LogP contribution is -2.34. The van der Waals surface area contributed by atoms with Crippen LogP contribution < -0.4 is 4.74 Å². The van der Waals surface area contributed by atoms with Gasteiger partial charge in [-0.3, -0.25) is 0 Å². The van der Waals surface area contributed by atoms with E-state index in [0.717, 1.165) is 16.9 Å². The van der Waals surface area contributed by atoms with Crippen LogP contribution in [-0.4, -0.2) is 22.4 Å². The largest absolute Gasteiger partial charge is 0.490 e. The van der Waals surface area contributed by atoms with E-state index < -0.39 is 11.7 Å². The topological polar surface area (TPSA) is 49.7 Å². The summed E-state index contributed by atoms with van der Waals surface area (Å²) in [6.45, 7) is 7.89. The summed E-state index contributed by atoms with van der Waals surface area (Å²) in [4.78, 5) is 0. The second-order valence-corrected chi connectivity index (χ2v) is 4.92. The van der Waals surface area contributed by atoms with Crippen molar-refractivity contribution in [1.82, 2.24) is 0 Å². The molecule has 102 valence electrons. The van der Waals surface area contributed by atoms with Gasteiger partial charge >= 0.3 is 0 Å². The number of aryl methyl sites for hydroxylation is 1. The maximum atomic E-state index is 10.2. The summed E-state index contributed by atoms with van der Waals surface area (Å²) in [7, 11) is 0. The monoisotopic (exact) mass is 252 g/mol. The van der Waals surface area contributed by atoms with E-state index in [1.165, 1.54) is 0 Å². The molecule has 0 spiro atoms. The Morgan fingerprint density at radius 3 is 2.33 bits per heavy atom. The molecule has 0 bridgehead atoms. The van der Waals surface area contributed by atoms with E-state index in [2.05, 4.69) is 0 Å². The third-order valence-electron chi connectivity index (χ3n) is 3.49. The fraction of sp³-hybridized carbons (Fsp3) is 0.600. The number of rotatable bonds is 6. The molecule has 0 aliphatic heterocycles. The van der Waals surface area contributed by atoms with Crippen molar-refractivity contribution in [2.75, 3.05) is 6.61 Å². The van der Waals surface area contributed by atoms with Gasteiger partial charge in [0.1, 0.15) is 12.4 Å². The third kappa shape index (κ3) is 3.72. The summed E-state index contributed by atoms with van der Waals surface area (Å²) in [5, 5.41) is 19.7. The fourth-order valence-corrected chi connectivity index (χ4v) is 1.76. The number of hydrogen-bond donors (Lipinski definition) is 2. The van der Waals surface area contributed by atoms with Crippen molar-refractivity contribution in [3.63, 3.8) is 0 Å². The van der Waals surface area contributed by atoms with Gasteiger partial charge in [-0.05, 0) is 49.9 Å². The Labute approximate surface area is 109 Å². The average molecular weight is 252 g/mol. The van der Waals surface area contributed by atoms with E-state index in [4.69, 9.17) is 4.74 Å². The quantitative estimate of drug-likeness (QED) is 0.818. The molecular formula is C15H24O3. The minimum absolute atomic E-state index is 0.300. The summed E-state index contributed by atoms with van der Waals surface area (Å²) in [5.74, 6) is 0.764. The highest BCUT2D eigenvalue weighted by molar-refractivity contribution is 5.37. The number of hydrogen-bond acceptors (Lipinski definition) is 3. The van der Waals surface area contributed by atoms with E-state index in [0.29, 0.717) is 19.4 Å². The first-order chi connectivity index (χ1) is 8.41. The van der Waals surface area contributed by atoms with Crippen LogP contribution in [0, 0.1) is 6.92 Å². The van der Waals surface area contributed by atoms with Crippen LogP contribution in [0.2, 0.25) is 0 Å². The Morgan fingerprint density at radius 2 is 1.89 bits per heavy atom. The van der Waals surface area contributed by atoms with Crippen LogP contribution in [0.3, 0.4) is 0 Å². The second kappa shape index (κ2) is 6.21. The first-order valence-electron chi connectivity index (χ1n) is 6.55.